The zero-order chi connectivity index (χ0) is 15.9. The molecule has 1 aliphatic heterocycles. The van der Waals surface area contributed by atoms with Crippen molar-refractivity contribution in [2.75, 3.05) is 6.26 Å². The van der Waals surface area contributed by atoms with Gasteiger partial charge in [0.1, 0.15) is 4.60 Å². The molecule has 1 aliphatic rings. The third kappa shape index (κ3) is 2.75. The molecule has 116 valence electrons. The fourth-order valence-electron chi connectivity index (χ4n) is 2.05. The number of hydrogen-bond acceptors (Lipinski definition) is 7. The van der Waals surface area contributed by atoms with E-state index < -0.39 is 9.84 Å². The van der Waals surface area contributed by atoms with Gasteiger partial charge in [-0.3, -0.25) is 4.40 Å². The number of fused-ring (bicyclic) bond motifs is 1. The highest BCUT2D eigenvalue weighted by molar-refractivity contribution is 9.10. The molecule has 0 aliphatic carbocycles. The number of sulfone groups is 1. The minimum atomic E-state index is -3.52. The first-order valence-corrected chi connectivity index (χ1v) is 9.30. The predicted molar refractivity (Wildman–Crippen MR) is 84.7 cm³/mol. The minimum Gasteiger partial charge on any atom is -0.298 e. The third-order valence-electron chi connectivity index (χ3n) is 2.99. The van der Waals surface area contributed by atoms with E-state index in [1.807, 2.05) is 0 Å². The third-order valence-corrected chi connectivity index (χ3v) is 4.70. The molecule has 0 amide bonds. The summed E-state index contributed by atoms with van der Waals surface area (Å²) in [4.78, 5) is 8.14. The summed E-state index contributed by atoms with van der Waals surface area (Å²) >= 11 is 3.19. The van der Waals surface area contributed by atoms with Crippen molar-refractivity contribution in [3.8, 4) is 0 Å². The standard InChI is InChI=1S/C11H9BrFN5O2S2/c1-22(19,20)11-10-14-5-8(17(10)6-9(12)16-11)7-2-3-18(21-13)15-4-7/h2-7H,1H3. The number of halogens is 2. The van der Waals surface area contributed by atoms with Gasteiger partial charge in [0.2, 0.25) is 0 Å². The molecule has 0 bridgehead atoms. The van der Waals surface area contributed by atoms with Crippen LogP contribution in [0.15, 0.2) is 39.4 Å². The zero-order valence-electron chi connectivity index (χ0n) is 11.1. The van der Waals surface area contributed by atoms with Crippen LogP contribution in [0.25, 0.3) is 5.65 Å². The number of rotatable bonds is 3. The van der Waals surface area contributed by atoms with E-state index in [2.05, 4.69) is 31.0 Å². The highest BCUT2D eigenvalue weighted by atomic mass is 79.9. The smallest absolute Gasteiger partial charge is 0.199 e. The Morgan fingerprint density at radius 2 is 2.23 bits per heavy atom. The molecule has 1 unspecified atom stereocenters. The zero-order valence-corrected chi connectivity index (χ0v) is 14.3. The number of aromatic nitrogens is 3. The molecule has 0 saturated carbocycles. The lowest BCUT2D eigenvalue weighted by molar-refractivity contribution is 0.598. The molecule has 0 fully saturated rings. The van der Waals surface area contributed by atoms with Gasteiger partial charge in [-0.25, -0.2) is 18.4 Å². The van der Waals surface area contributed by atoms with Crippen LogP contribution in [0.1, 0.15) is 11.6 Å². The Morgan fingerprint density at radius 3 is 2.82 bits per heavy atom. The van der Waals surface area contributed by atoms with E-state index in [-0.39, 0.29) is 28.9 Å². The molecule has 11 heteroatoms. The molecular weight excluding hydrogens is 397 g/mol. The molecule has 7 nitrogen and oxygen atoms in total. The Labute approximate surface area is 138 Å². The normalized spacial score (nSPS) is 18.3. The fourth-order valence-corrected chi connectivity index (χ4v) is 3.51. The summed E-state index contributed by atoms with van der Waals surface area (Å²) in [5.74, 6) is -0.250. The molecule has 22 heavy (non-hydrogen) atoms. The van der Waals surface area contributed by atoms with Crippen LogP contribution >= 0.6 is 28.3 Å². The van der Waals surface area contributed by atoms with Crippen LogP contribution in [0.4, 0.5) is 3.89 Å². The summed E-state index contributed by atoms with van der Waals surface area (Å²) in [5, 5.41) is 3.80. The molecule has 0 radical (unpaired) electrons. The first kappa shape index (κ1) is 15.4. The largest absolute Gasteiger partial charge is 0.298 e. The Morgan fingerprint density at radius 1 is 1.45 bits per heavy atom. The van der Waals surface area contributed by atoms with Crippen molar-refractivity contribution in [1.29, 1.82) is 0 Å². The topological polar surface area (TPSA) is 79.9 Å². The Kier molecular flexibility index (Phi) is 3.95. The number of hydrazone groups is 1. The predicted octanol–water partition coefficient (Wildman–Crippen LogP) is 2.33. The Balaban J connectivity index is 2.14. The van der Waals surface area contributed by atoms with Gasteiger partial charge < -0.3 is 0 Å². The summed E-state index contributed by atoms with van der Waals surface area (Å²) in [6.07, 6.45) is 9.03. The number of allylic oxidation sites excluding steroid dienone is 1. The summed E-state index contributed by atoms with van der Waals surface area (Å²) in [6, 6.07) is 0. The van der Waals surface area contributed by atoms with Gasteiger partial charge in [-0.05, 0) is 15.9 Å². The van der Waals surface area contributed by atoms with E-state index in [1.54, 1.807) is 29.1 Å². The summed E-state index contributed by atoms with van der Waals surface area (Å²) in [5.41, 5.74) is 0.941. The maximum Gasteiger partial charge on any atom is 0.199 e. The van der Waals surface area contributed by atoms with Gasteiger partial charge in [-0.15, -0.1) is 3.89 Å². The van der Waals surface area contributed by atoms with Gasteiger partial charge in [0.25, 0.3) is 0 Å². The second-order valence-electron chi connectivity index (χ2n) is 4.52. The fraction of sp³-hybridized carbons (Fsp3) is 0.182. The first-order chi connectivity index (χ1) is 10.4. The van der Waals surface area contributed by atoms with Crippen LogP contribution in [-0.2, 0) is 9.84 Å². The SMILES string of the molecule is CS(=O)(=O)c1nc(Br)cn2c(C3C=CN(SF)N=C3)cnc12. The quantitative estimate of drug-likeness (QED) is 0.728. The van der Waals surface area contributed by atoms with Gasteiger partial charge >= 0.3 is 0 Å². The van der Waals surface area contributed by atoms with Crippen LogP contribution in [0.5, 0.6) is 0 Å². The van der Waals surface area contributed by atoms with Crippen LogP contribution in [-0.4, -0.2) is 39.7 Å². The number of nitrogens with zero attached hydrogens (tertiary/aromatic N) is 5. The van der Waals surface area contributed by atoms with Crippen molar-refractivity contribution in [3.63, 3.8) is 0 Å². The highest BCUT2D eigenvalue weighted by Crippen LogP contribution is 2.26. The lowest BCUT2D eigenvalue weighted by Crippen LogP contribution is -2.11. The van der Waals surface area contributed by atoms with Crippen molar-refractivity contribution in [1.82, 2.24) is 18.8 Å². The van der Waals surface area contributed by atoms with Crippen LogP contribution in [0, 0.1) is 0 Å². The average molecular weight is 406 g/mol. The van der Waals surface area contributed by atoms with E-state index in [9.17, 15) is 12.3 Å². The van der Waals surface area contributed by atoms with Crippen molar-refractivity contribution in [2.45, 2.75) is 10.9 Å². The molecule has 0 spiro atoms. The van der Waals surface area contributed by atoms with Gasteiger partial charge in [-0.1, -0.05) is 6.08 Å². The summed E-state index contributed by atoms with van der Waals surface area (Å²) in [6.45, 7) is 0. The lowest BCUT2D eigenvalue weighted by atomic mass is 10.1. The molecule has 0 saturated heterocycles. The molecule has 3 heterocycles. The molecular formula is C11H9BrFN5O2S2. The van der Waals surface area contributed by atoms with Crippen molar-refractivity contribution in [3.05, 3.63) is 35.0 Å². The maximum absolute atomic E-state index is 12.4. The van der Waals surface area contributed by atoms with Gasteiger partial charge in [-0.2, -0.15) is 9.52 Å². The number of hydrogen-bond donors (Lipinski definition) is 0. The first-order valence-electron chi connectivity index (χ1n) is 5.94. The molecule has 2 aromatic rings. The van der Waals surface area contributed by atoms with Gasteiger partial charge in [0, 0.05) is 24.9 Å². The average Bonchev–Trinajstić information content (AvgIpc) is 2.89. The monoisotopic (exact) mass is 405 g/mol. The van der Waals surface area contributed by atoms with E-state index >= 15 is 0 Å². The second-order valence-corrected chi connectivity index (χ2v) is 7.78. The molecule has 2 aromatic heterocycles. The Bertz CT molecular complexity index is 881. The molecule has 1 atom stereocenters. The molecule has 0 aromatic carbocycles. The van der Waals surface area contributed by atoms with E-state index in [4.69, 9.17) is 0 Å². The van der Waals surface area contributed by atoms with Gasteiger partial charge in [0.15, 0.2) is 32.8 Å². The van der Waals surface area contributed by atoms with Crippen molar-refractivity contribution in [2.24, 2.45) is 5.10 Å². The van der Waals surface area contributed by atoms with Crippen LogP contribution in [0.2, 0.25) is 0 Å². The van der Waals surface area contributed by atoms with Crippen LogP contribution in [0.3, 0.4) is 0 Å². The van der Waals surface area contributed by atoms with E-state index in [1.165, 1.54) is 6.20 Å². The lowest BCUT2D eigenvalue weighted by Gasteiger charge is -2.15. The molecule has 0 N–H and O–H groups in total. The Hall–Kier alpha value is -1.46. The molecule has 3 rings (SSSR count). The minimum absolute atomic E-state index is 0.0137. The summed E-state index contributed by atoms with van der Waals surface area (Å²) < 4.78 is 39.2. The highest BCUT2D eigenvalue weighted by Gasteiger charge is 2.22. The number of imidazole rings is 1. The van der Waals surface area contributed by atoms with E-state index in [0.717, 1.165) is 10.7 Å². The van der Waals surface area contributed by atoms with Gasteiger partial charge in [0.05, 0.1) is 17.8 Å². The van der Waals surface area contributed by atoms with E-state index in [0.29, 0.717) is 10.3 Å². The second kappa shape index (κ2) is 5.63. The van der Waals surface area contributed by atoms with Crippen molar-refractivity contribution >= 4 is 50.0 Å². The van der Waals surface area contributed by atoms with Crippen molar-refractivity contribution < 1.29 is 12.3 Å². The summed E-state index contributed by atoms with van der Waals surface area (Å²) in [7, 11) is -3.52. The van der Waals surface area contributed by atoms with Crippen LogP contribution < -0.4 is 0 Å². The maximum atomic E-state index is 12.4.